The van der Waals surface area contributed by atoms with Crippen LogP contribution < -0.4 is 5.32 Å². The van der Waals surface area contributed by atoms with E-state index in [1.54, 1.807) is 12.4 Å². The standard InChI is InChI=1S/C13H12BrN5/c1-9-3-2-4-19-8-11(18-12(9)19)7-17-13-15-5-10(14)6-16-13/h2-6,8H,7H2,1H3,(H,15,16,17). The lowest BCUT2D eigenvalue weighted by atomic mass is 10.3. The zero-order valence-corrected chi connectivity index (χ0v) is 11.9. The molecule has 6 heteroatoms. The number of halogens is 1. The average molecular weight is 318 g/mol. The molecular weight excluding hydrogens is 306 g/mol. The second-order valence-electron chi connectivity index (χ2n) is 4.23. The van der Waals surface area contributed by atoms with Crippen molar-refractivity contribution >= 4 is 27.5 Å². The first kappa shape index (κ1) is 12.1. The molecule has 3 aromatic rings. The number of pyridine rings is 1. The van der Waals surface area contributed by atoms with Crippen molar-refractivity contribution in [2.75, 3.05) is 5.32 Å². The molecule has 0 aliphatic carbocycles. The predicted molar refractivity (Wildman–Crippen MR) is 77.0 cm³/mol. The van der Waals surface area contributed by atoms with E-state index in [1.165, 1.54) is 0 Å². The predicted octanol–water partition coefficient (Wildman–Crippen LogP) is 2.81. The van der Waals surface area contributed by atoms with E-state index in [1.807, 2.05) is 22.9 Å². The van der Waals surface area contributed by atoms with E-state index in [0.717, 1.165) is 21.4 Å². The lowest BCUT2D eigenvalue weighted by Gasteiger charge is -2.01. The van der Waals surface area contributed by atoms with Gasteiger partial charge in [0.15, 0.2) is 0 Å². The molecule has 0 spiro atoms. The summed E-state index contributed by atoms with van der Waals surface area (Å²) in [5.41, 5.74) is 3.10. The van der Waals surface area contributed by atoms with Gasteiger partial charge in [0.2, 0.25) is 5.95 Å². The van der Waals surface area contributed by atoms with E-state index >= 15 is 0 Å². The SMILES string of the molecule is Cc1cccn2cc(CNc3ncc(Br)cn3)nc12. The largest absolute Gasteiger partial charge is 0.349 e. The summed E-state index contributed by atoms with van der Waals surface area (Å²) in [6.07, 6.45) is 7.43. The molecule has 3 rings (SSSR count). The second kappa shape index (κ2) is 4.97. The first-order valence-electron chi connectivity index (χ1n) is 5.87. The van der Waals surface area contributed by atoms with E-state index in [0.29, 0.717) is 12.5 Å². The molecule has 96 valence electrons. The number of fused-ring (bicyclic) bond motifs is 1. The Bertz CT molecular complexity index is 705. The van der Waals surface area contributed by atoms with Gasteiger partial charge in [0.1, 0.15) is 5.65 Å². The van der Waals surface area contributed by atoms with Crippen LogP contribution in [0.25, 0.3) is 5.65 Å². The smallest absolute Gasteiger partial charge is 0.222 e. The highest BCUT2D eigenvalue weighted by atomic mass is 79.9. The maximum absolute atomic E-state index is 4.58. The van der Waals surface area contributed by atoms with E-state index in [4.69, 9.17) is 0 Å². The summed E-state index contributed by atoms with van der Waals surface area (Å²) in [4.78, 5) is 12.9. The van der Waals surface area contributed by atoms with Crippen molar-refractivity contribution in [1.82, 2.24) is 19.4 Å². The van der Waals surface area contributed by atoms with Crippen molar-refractivity contribution in [2.45, 2.75) is 13.5 Å². The highest BCUT2D eigenvalue weighted by Crippen LogP contribution is 2.11. The molecule has 0 radical (unpaired) electrons. The van der Waals surface area contributed by atoms with Gasteiger partial charge in [0, 0.05) is 24.8 Å². The fourth-order valence-corrected chi connectivity index (χ4v) is 2.07. The van der Waals surface area contributed by atoms with Crippen LogP contribution in [0.2, 0.25) is 0 Å². The van der Waals surface area contributed by atoms with Gasteiger partial charge in [-0.1, -0.05) is 6.07 Å². The quantitative estimate of drug-likeness (QED) is 0.807. The Morgan fingerprint density at radius 3 is 2.84 bits per heavy atom. The number of imidazole rings is 1. The Hall–Kier alpha value is -1.95. The summed E-state index contributed by atoms with van der Waals surface area (Å²) < 4.78 is 2.89. The number of nitrogens with one attached hydrogen (secondary N) is 1. The van der Waals surface area contributed by atoms with Crippen LogP contribution in [0.5, 0.6) is 0 Å². The van der Waals surface area contributed by atoms with Gasteiger partial charge in [-0.25, -0.2) is 15.0 Å². The number of rotatable bonds is 3. The Morgan fingerprint density at radius 2 is 2.11 bits per heavy atom. The molecule has 0 atom stereocenters. The van der Waals surface area contributed by atoms with E-state index in [9.17, 15) is 0 Å². The molecule has 1 N–H and O–H groups in total. The molecule has 3 heterocycles. The van der Waals surface area contributed by atoms with Crippen molar-refractivity contribution in [2.24, 2.45) is 0 Å². The van der Waals surface area contributed by atoms with Gasteiger partial charge < -0.3 is 9.72 Å². The topological polar surface area (TPSA) is 55.1 Å². The summed E-state index contributed by atoms with van der Waals surface area (Å²) in [7, 11) is 0. The highest BCUT2D eigenvalue weighted by Gasteiger charge is 2.04. The minimum atomic E-state index is 0.594. The third-order valence-electron chi connectivity index (χ3n) is 2.78. The highest BCUT2D eigenvalue weighted by molar-refractivity contribution is 9.10. The summed E-state index contributed by atoms with van der Waals surface area (Å²) >= 11 is 3.30. The lowest BCUT2D eigenvalue weighted by molar-refractivity contribution is 1.02. The summed E-state index contributed by atoms with van der Waals surface area (Å²) in [5, 5.41) is 3.15. The normalized spacial score (nSPS) is 10.8. The van der Waals surface area contributed by atoms with Gasteiger partial charge in [-0.2, -0.15) is 0 Å². The molecule has 0 aliphatic heterocycles. The van der Waals surface area contributed by atoms with E-state index in [-0.39, 0.29) is 0 Å². The molecular formula is C13H12BrN5. The first-order valence-corrected chi connectivity index (χ1v) is 6.66. The zero-order chi connectivity index (χ0) is 13.2. The maximum atomic E-state index is 4.58. The molecule has 3 aromatic heterocycles. The van der Waals surface area contributed by atoms with Crippen LogP contribution >= 0.6 is 15.9 Å². The molecule has 0 fully saturated rings. The fourth-order valence-electron chi connectivity index (χ4n) is 1.86. The number of aromatic nitrogens is 4. The number of hydrogen-bond acceptors (Lipinski definition) is 4. The Labute approximate surface area is 118 Å². The van der Waals surface area contributed by atoms with E-state index < -0.39 is 0 Å². The lowest BCUT2D eigenvalue weighted by Crippen LogP contribution is -2.03. The molecule has 0 aromatic carbocycles. The van der Waals surface area contributed by atoms with Crippen molar-refractivity contribution in [1.29, 1.82) is 0 Å². The van der Waals surface area contributed by atoms with Crippen LogP contribution in [0.4, 0.5) is 5.95 Å². The molecule has 0 unspecified atom stereocenters. The maximum Gasteiger partial charge on any atom is 0.222 e. The van der Waals surface area contributed by atoms with Crippen LogP contribution in [-0.4, -0.2) is 19.4 Å². The number of hydrogen-bond donors (Lipinski definition) is 1. The Morgan fingerprint density at radius 1 is 1.32 bits per heavy atom. The van der Waals surface area contributed by atoms with Gasteiger partial charge in [0.25, 0.3) is 0 Å². The molecule has 5 nitrogen and oxygen atoms in total. The van der Waals surface area contributed by atoms with Crippen molar-refractivity contribution in [3.05, 3.63) is 52.7 Å². The van der Waals surface area contributed by atoms with Crippen molar-refractivity contribution < 1.29 is 0 Å². The van der Waals surface area contributed by atoms with Crippen LogP contribution in [0.3, 0.4) is 0 Å². The molecule has 0 saturated carbocycles. The average Bonchev–Trinajstić information content (AvgIpc) is 2.83. The summed E-state index contributed by atoms with van der Waals surface area (Å²) in [6.45, 7) is 2.65. The Kier molecular flexibility index (Phi) is 3.16. The minimum Gasteiger partial charge on any atom is -0.349 e. The van der Waals surface area contributed by atoms with Crippen molar-refractivity contribution in [3.63, 3.8) is 0 Å². The van der Waals surface area contributed by atoms with Crippen LogP contribution in [0.15, 0.2) is 41.4 Å². The number of aryl methyl sites for hydroxylation is 1. The third-order valence-corrected chi connectivity index (χ3v) is 3.19. The first-order chi connectivity index (χ1) is 9.22. The number of nitrogens with zero attached hydrogens (tertiary/aromatic N) is 4. The van der Waals surface area contributed by atoms with Gasteiger partial charge >= 0.3 is 0 Å². The van der Waals surface area contributed by atoms with Crippen LogP contribution in [0, 0.1) is 6.92 Å². The zero-order valence-electron chi connectivity index (χ0n) is 10.3. The molecule has 0 saturated heterocycles. The van der Waals surface area contributed by atoms with Crippen LogP contribution in [0.1, 0.15) is 11.3 Å². The molecule has 19 heavy (non-hydrogen) atoms. The molecule has 0 amide bonds. The third kappa shape index (κ3) is 2.58. The molecule has 0 aliphatic rings. The van der Waals surface area contributed by atoms with Gasteiger partial charge in [0.05, 0.1) is 16.7 Å². The van der Waals surface area contributed by atoms with Crippen LogP contribution in [-0.2, 0) is 6.54 Å². The minimum absolute atomic E-state index is 0.594. The Balaban J connectivity index is 1.78. The number of anilines is 1. The monoisotopic (exact) mass is 317 g/mol. The van der Waals surface area contributed by atoms with Crippen molar-refractivity contribution in [3.8, 4) is 0 Å². The van der Waals surface area contributed by atoms with Gasteiger partial charge in [-0.15, -0.1) is 0 Å². The van der Waals surface area contributed by atoms with Gasteiger partial charge in [-0.05, 0) is 34.5 Å². The summed E-state index contributed by atoms with van der Waals surface area (Å²) in [6, 6.07) is 4.07. The summed E-state index contributed by atoms with van der Waals surface area (Å²) in [5.74, 6) is 0.594. The fraction of sp³-hybridized carbons (Fsp3) is 0.154. The second-order valence-corrected chi connectivity index (χ2v) is 5.15. The van der Waals surface area contributed by atoms with E-state index in [2.05, 4.69) is 49.2 Å². The molecule has 0 bridgehead atoms. The van der Waals surface area contributed by atoms with Gasteiger partial charge in [-0.3, -0.25) is 0 Å².